The first-order valence-electron chi connectivity index (χ1n) is 9.70. The van der Waals surface area contributed by atoms with Gasteiger partial charge in [0.2, 0.25) is 0 Å². The summed E-state index contributed by atoms with van der Waals surface area (Å²) >= 11 is 0. The number of amides is 1. The zero-order valence-electron chi connectivity index (χ0n) is 17.9. The minimum Gasteiger partial charge on any atom is -0.493 e. The minimum atomic E-state index is -5.14. The van der Waals surface area contributed by atoms with E-state index in [0.29, 0.717) is 17.1 Å². The molecule has 11 heteroatoms. The van der Waals surface area contributed by atoms with Gasteiger partial charge in [-0.05, 0) is 36.8 Å². The molecule has 0 unspecified atom stereocenters. The number of quaternary nitrogens is 1. The van der Waals surface area contributed by atoms with E-state index in [2.05, 4.69) is 9.72 Å². The monoisotopic (exact) mass is 456 g/mol. The third-order valence-electron chi connectivity index (χ3n) is 4.61. The Morgan fingerprint density at radius 1 is 1.12 bits per heavy atom. The van der Waals surface area contributed by atoms with E-state index in [1.165, 1.54) is 39.5 Å². The topological polar surface area (TPSA) is 103 Å². The Balaban J connectivity index is 2.29. The van der Waals surface area contributed by atoms with Gasteiger partial charge in [0.25, 0.3) is 5.91 Å². The van der Waals surface area contributed by atoms with Gasteiger partial charge in [-0.3, -0.25) is 15.1 Å². The molecule has 8 nitrogen and oxygen atoms in total. The maximum absolute atomic E-state index is 14.2. The molecule has 0 spiro atoms. The number of esters is 1. The number of carbonyl (C=O) groups excluding carboxylic acids is 2. The molecule has 2 rings (SSSR count). The molecule has 1 aromatic heterocycles. The molecule has 1 atom stereocenters. The van der Waals surface area contributed by atoms with E-state index in [-0.39, 0.29) is 25.1 Å². The van der Waals surface area contributed by atoms with E-state index in [1.54, 1.807) is 18.2 Å². The van der Waals surface area contributed by atoms with E-state index in [1.807, 2.05) is 5.32 Å². The van der Waals surface area contributed by atoms with Crippen LogP contribution in [0.25, 0.3) is 0 Å². The summed E-state index contributed by atoms with van der Waals surface area (Å²) in [5, 5.41) is 2.54. The van der Waals surface area contributed by atoms with Gasteiger partial charge in [-0.1, -0.05) is 6.07 Å². The van der Waals surface area contributed by atoms with Crippen LogP contribution in [0, 0.1) is 0 Å². The second-order valence-corrected chi connectivity index (χ2v) is 6.65. The van der Waals surface area contributed by atoms with Crippen LogP contribution in [0.2, 0.25) is 0 Å². The maximum Gasteiger partial charge on any atom is 0.478 e. The van der Waals surface area contributed by atoms with Crippen LogP contribution in [-0.2, 0) is 16.0 Å². The van der Waals surface area contributed by atoms with Crippen molar-refractivity contribution in [2.75, 3.05) is 27.4 Å². The zero-order valence-corrected chi connectivity index (χ0v) is 17.9. The first-order chi connectivity index (χ1) is 15.2. The van der Waals surface area contributed by atoms with Gasteiger partial charge in [0.05, 0.1) is 32.9 Å². The molecule has 0 saturated heterocycles. The van der Waals surface area contributed by atoms with Gasteiger partial charge in [0, 0.05) is 18.8 Å². The second-order valence-electron chi connectivity index (χ2n) is 6.65. The Bertz CT molecular complexity index is 925. The summed E-state index contributed by atoms with van der Waals surface area (Å²) in [6.45, 7) is 0.898. The first-order valence-corrected chi connectivity index (χ1v) is 9.70. The molecule has 1 heterocycles. The second kappa shape index (κ2) is 10.8. The number of pyridine rings is 1. The van der Waals surface area contributed by atoms with Crippen LogP contribution in [-0.4, -0.2) is 56.1 Å². The van der Waals surface area contributed by atoms with Crippen LogP contribution in [0.1, 0.15) is 22.8 Å². The van der Waals surface area contributed by atoms with Crippen LogP contribution in [0.3, 0.4) is 0 Å². The number of aromatic nitrogens is 1. The predicted octanol–water partition coefficient (Wildman–Crippen LogP) is 1.46. The van der Waals surface area contributed by atoms with Crippen molar-refractivity contribution in [1.29, 1.82) is 0 Å². The van der Waals surface area contributed by atoms with Crippen LogP contribution in [0.4, 0.5) is 13.2 Å². The van der Waals surface area contributed by atoms with Crippen LogP contribution in [0.5, 0.6) is 11.5 Å². The van der Waals surface area contributed by atoms with Crippen LogP contribution >= 0.6 is 0 Å². The van der Waals surface area contributed by atoms with E-state index in [0.717, 1.165) is 11.5 Å². The number of hydrogen-bond acceptors (Lipinski definition) is 6. The summed E-state index contributed by atoms with van der Waals surface area (Å²) in [6, 6.07) is 7.61. The Kier molecular flexibility index (Phi) is 8.41. The van der Waals surface area contributed by atoms with Gasteiger partial charge in [-0.25, -0.2) is 4.79 Å². The fraction of sp³-hybridized carbons (Fsp3) is 0.381. The molecular weight excluding hydrogens is 431 g/mol. The highest BCUT2D eigenvalue weighted by Crippen LogP contribution is 2.29. The molecule has 32 heavy (non-hydrogen) atoms. The van der Waals surface area contributed by atoms with Gasteiger partial charge >= 0.3 is 17.8 Å². The largest absolute Gasteiger partial charge is 0.493 e. The van der Waals surface area contributed by atoms with Crippen LogP contribution in [0.15, 0.2) is 42.7 Å². The average molecular weight is 456 g/mol. The lowest BCUT2D eigenvalue weighted by Crippen LogP contribution is -3.07. The van der Waals surface area contributed by atoms with E-state index in [4.69, 9.17) is 9.47 Å². The number of hydrogen-bond donors (Lipinski definition) is 2. The zero-order chi connectivity index (χ0) is 23.8. The van der Waals surface area contributed by atoms with E-state index < -0.39 is 23.7 Å². The summed E-state index contributed by atoms with van der Waals surface area (Å²) in [6.07, 6.45) is -2.53. The minimum absolute atomic E-state index is 0.126. The Morgan fingerprint density at radius 3 is 2.41 bits per heavy atom. The fourth-order valence-electron chi connectivity index (χ4n) is 2.97. The number of rotatable bonds is 10. The standard InChI is InChI=1S/C21H24F3N3O5/c1-4-32-19(29)20(21(22,23)24,27-18(28)15-6-5-10-25-13-15)26-11-9-14-7-8-16(30-2)17(12-14)31-3/h5-8,10,12-13,26H,4,9,11H2,1-3H3,(H,27,28)/p+1/t20-/m0/s1. The van der Waals surface area contributed by atoms with Crippen molar-refractivity contribution in [3.05, 3.63) is 53.9 Å². The van der Waals surface area contributed by atoms with Crippen molar-refractivity contribution in [3.63, 3.8) is 0 Å². The van der Waals surface area contributed by atoms with Crippen LogP contribution < -0.4 is 20.1 Å². The summed E-state index contributed by atoms with van der Waals surface area (Å²) in [5.41, 5.74) is -2.80. The van der Waals surface area contributed by atoms with Crippen molar-refractivity contribution in [1.82, 2.24) is 10.3 Å². The highest BCUT2D eigenvalue weighted by atomic mass is 19.4. The average Bonchev–Trinajstić information content (AvgIpc) is 2.78. The lowest BCUT2D eigenvalue weighted by Gasteiger charge is -2.31. The fourth-order valence-corrected chi connectivity index (χ4v) is 2.97. The molecule has 2 aromatic rings. The number of halogens is 3. The van der Waals surface area contributed by atoms with E-state index >= 15 is 0 Å². The highest BCUT2D eigenvalue weighted by Gasteiger charge is 2.67. The molecule has 0 aliphatic carbocycles. The predicted molar refractivity (Wildman–Crippen MR) is 107 cm³/mol. The van der Waals surface area contributed by atoms with Gasteiger partial charge in [0.15, 0.2) is 11.5 Å². The smallest absolute Gasteiger partial charge is 0.478 e. The highest BCUT2D eigenvalue weighted by molar-refractivity contribution is 5.97. The third kappa shape index (κ3) is 5.67. The van der Waals surface area contributed by atoms with Gasteiger partial charge < -0.3 is 19.5 Å². The van der Waals surface area contributed by atoms with Gasteiger partial charge in [-0.2, -0.15) is 13.2 Å². The molecule has 3 N–H and O–H groups in total. The number of nitrogens with zero attached hydrogens (tertiary/aromatic N) is 1. The number of nitrogens with two attached hydrogens (primary N) is 1. The Hall–Kier alpha value is -3.34. The quantitative estimate of drug-likeness (QED) is 0.415. The number of alkyl halides is 3. The van der Waals surface area contributed by atoms with E-state index in [9.17, 15) is 22.8 Å². The third-order valence-corrected chi connectivity index (χ3v) is 4.61. The molecule has 1 amide bonds. The van der Waals surface area contributed by atoms with Crippen molar-refractivity contribution < 1.29 is 42.3 Å². The Morgan fingerprint density at radius 2 is 1.84 bits per heavy atom. The lowest BCUT2D eigenvalue weighted by molar-refractivity contribution is -0.743. The van der Waals surface area contributed by atoms with Gasteiger partial charge in [-0.15, -0.1) is 0 Å². The molecule has 0 saturated carbocycles. The first kappa shape index (κ1) is 24.9. The Labute approximate surface area is 183 Å². The molecule has 0 bridgehead atoms. The molecule has 1 aromatic carbocycles. The molecular formula is C21H25F3N3O5+. The maximum atomic E-state index is 14.2. The normalized spacial score (nSPS) is 13.1. The summed E-state index contributed by atoms with van der Waals surface area (Å²) in [7, 11) is 2.91. The summed E-state index contributed by atoms with van der Waals surface area (Å²) in [5.74, 6) is -1.83. The van der Waals surface area contributed by atoms with Crippen molar-refractivity contribution >= 4 is 11.9 Å². The lowest BCUT2D eigenvalue weighted by atomic mass is 10.1. The number of benzene rings is 1. The summed E-state index contributed by atoms with van der Waals surface area (Å²) < 4.78 is 57.5. The number of carbonyl (C=O) groups is 2. The number of methoxy groups -OCH3 is 2. The summed E-state index contributed by atoms with van der Waals surface area (Å²) in [4.78, 5) is 28.7. The van der Waals surface area contributed by atoms with Crippen molar-refractivity contribution in [2.45, 2.75) is 25.2 Å². The van der Waals surface area contributed by atoms with Gasteiger partial charge in [0.1, 0.15) is 0 Å². The van der Waals surface area contributed by atoms with Crippen molar-refractivity contribution in [2.24, 2.45) is 0 Å². The SMILES string of the molecule is CCOC(=O)[C@@](NC(=O)c1cccnc1)([NH2+]CCc1ccc(OC)c(OC)c1)C(F)(F)F. The molecule has 174 valence electrons. The van der Waals surface area contributed by atoms with Crippen molar-refractivity contribution in [3.8, 4) is 11.5 Å². The molecule has 0 fully saturated rings. The molecule has 0 aliphatic rings. The number of nitrogens with one attached hydrogen (secondary N) is 1. The molecule has 0 aliphatic heterocycles. The number of ether oxygens (including phenoxy) is 3. The molecule has 0 radical (unpaired) electrons.